The SMILES string of the molecule is c1ccc(-c2ccc(-c3c(N(c4ccc(-c5ccccc5)cc4)c4ccc(-c5ccc6ccccc6c5)cc4)ccc4sc5ccccc5c34)cc2)cc1. The van der Waals surface area contributed by atoms with Gasteiger partial charge in [0.15, 0.2) is 0 Å². The minimum atomic E-state index is 1.10. The Morgan fingerprint density at radius 1 is 0.315 bits per heavy atom. The lowest BCUT2D eigenvalue weighted by Crippen LogP contribution is -2.11. The number of hydrogen-bond donors (Lipinski definition) is 0. The minimum Gasteiger partial charge on any atom is -0.310 e. The molecule has 1 nitrogen and oxygen atoms in total. The third-order valence-corrected chi connectivity index (χ3v) is 11.6. The average Bonchev–Trinajstić information content (AvgIpc) is 3.64. The fraction of sp³-hybridized carbons (Fsp3) is 0. The number of fused-ring (bicyclic) bond motifs is 4. The molecule has 2 heteroatoms. The van der Waals surface area contributed by atoms with Gasteiger partial charge in [-0.05, 0) is 98.2 Å². The predicted octanol–water partition coefficient (Wildman–Crippen LogP) is 15.3. The molecule has 0 aliphatic rings. The molecule has 0 N–H and O–H groups in total. The van der Waals surface area contributed by atoms with E-state index in [9.17, 15) is 0 Å². The second-order valence-electron chi connectivity index (χ2n) is 13.7. The van der Waals surface area contributed by atoms with E-state index in [2.05, 4.69) is 217 Å². The molecular formula is C52H35NS. The van der Waals surface area contributed by atoms with Crippen molar-refractivity contribution in [1.29, 1.82) is 0 Å². The van der Waals surface area contributed by atoms with Crippen molar-refractivity contribution in [3.8, 4) is 44.5 Å². The Bertz CT molecular complexity index is 2890. The Morgan fingerprint density at radius 2 is 0.796 bits per heavy atom. The highest BCUT2D eigenvalue weighted by Gasteiger charge is 2.22. The number of hydrogen-bond acceptors (Lipinski definition) is 2. The van der Waals surface area contributed by atoms with Crippen LogP contribution in [-0.4, -0.2) is 0 Å². The summed E-state index contributed by atoms with van der Waals surface area (Å²) in [5, 5.41) is 5.08. The second-order valence-corrected chi connectivity index (χ2v) is 14.8. The molecule has 9 aromatic carbocycles. The number of anilines is 3. The average molecular weight is 706 g/mol. The first kappa shape index (κ1) is 32.0. The molecule has 0 radical (unpaired) electrons. The van der Waals surface area contributed by atoms with Crippen molar-refractivity contribution in [2.45, 2.75) is 0 Å². The fourth-order valence-corrected chi connectivity index (χ4v) is 8.89. The molecule has 0 bridgehead atoms. The lowest BCUT2D eigenvalue weighted by Gasteiger charge is -2.29. The van der Waals surface area contributed by atoms with Gasteiger partial charge in [0.1, 0.15) is 0 Å². The summed E-state index contributed by atoms with van der Waals surface area (Å²) in [5.41, 5.74) is 13.0. The molecule has 0 unspecified atom stereocenters. The van der Waals surface area contributed by atoms with Crippen LogP contribution in [0, 0.1) is 0 Å². The normalized spacial score (nSPS) is 11.3. The summed E-state index contributed by atoms with van der Waals surface area (Å²) in [6.07, 6.45) is 0. The van der Waals surface area contributed by atoms with E-state index < -0.39 is 0 Å². The predicted molar refractivity (Wildman–Crippen MR) is 233 cm³/mol. The fourth-order valence-electron chi connectivity index (χ4n) is 7.78. The van der Waals surface area contributed by atoms with Crippen molar-refractivity contribution in [1.82, 2.24) is 0 Å². The summed E-state index contributed by atoms with van der Waals surface area (Å²) in [6.45, 7) is 0. The second kappa shape index (κ2) is 13.7. The van der Waals surface area contributed by atoms with E-state index >= 15 is 0 Å². The molecule has 254 valence electrons. The zero-order chi connectivity index (χ0) is 35.8. The van der Waals surface area contributed by atoms with Gasteiger partial charge >= 0.3 is 0 Å². The number of nitrogens with zero attached hydrogens (tertiary/aromatic N) is 1. The highest BCUT2D eigenvalue weighted by molar-refractivity contribution is 7.26. The van der Waals surface area contributed by atoms with Crippen LogP contribution in [0.2, 0.25) is 0 Å². The zero-order valence-electron chi connectivity index (χ0n) is 29.6. The molecular weight excluding hydrogens is 671 g/mol. The van der Waals surface area contributed by atoms with Crippen LogP contribution >= 0.6 is 11.3 Å². The van der Waals surface area contributed by atoms with Crippen LogP contribution in [0.25, 0.3) is 75.5 Å². The van der Waals surface area contributed by atoms with Crippen molar-refractivity contribution < 1.29 is 0 Å². The summed E-state index contributed by atoms with van der Waals surface area (Å²) in [5.74, 6) is 0. The lowest BCUT2D eigenvalue weighted by atomic mass is 9.94. The van der Waals surface area contributed by atoms with E-state index in [4.69, 9.17) is 0 Å². The molecule has 1 aromatic heterocycles. The first-order valence-electron chi connectivity index (χ1n) is 18.4. The van der Waals surface area contributed by atoms with Crippen LogP contribution < -0.4 is 4.90 Å². The maximum Gasteiger partial charge on any atom is 0.0547 e. The van der Waals surface area contributed by atoms with Crippen LogP contribution in [0.5, 0.6) is 0 Å². The highest BCUT2D eigenvalue weighted by atomic mass is 32.1. The smallest absolute Gasteiger partial charge is 0.0547 e. The van der Waals surface area contributed by atoms with Gasteiger partial charge in [0.05, 0.1) is 5.69 Å². The van der Waals surface area contributed by atoms with Gasteiger partial charge in [0.25, 0.3) is 0 Å². The first-order valence-corrected chi connectivity index (χ1v) is 19.2. The zero-order valence-corrected chi connectivity index (χ0v) is 30.4. The molecule has 1 heterocycles. The van der Waals surface area contributed by atoms with Crippen LogP contribution in [0.15, 0.2) is 212 Å². The van der Waals surface area contributed by atoms with Crippen molar-refractivity contribution >= 4 is 59.3 Å². The lowest BCUT2D eigenvalue weighted by molar-refractivity contribution is 1.29. The van der Waals surface area contributed by atoms with E-state index in [-0.39, 0.29) is 0 Å². The van der Waals surface area contributed by atoms with Gasteiger partial charge in [-0.3, -0.25) is 0 Å². The Morgan fingerprint density at radius 3 is 1.44 bits per heavy atom. The number of benzene rings is 9. The molecule has 0 atom stereocenters. The summed E-state index contributed by atoms with van der Waals surface area (Å²) < 4.78 is 2.58. The van der Waals surface area contributed by atoms with Crippen LogP contribution in [0.4, 0.5) is 17.1 Å². The van der Waals surface area contributed by atoms with Crippen LogP contribution in [-0.2, 0) is 0 Å². The Hall–Kier alpha value is -6.74. The van der Waals surface area contributed by atoms with Gasteiger partial charge in [-0.2, -0.15) is 0 Å². The molecule has 0 fully saturated rings. The summed E-state index contributed by atoms with van der Waals surface area (Å²) in [6, 6.07) is 77.2. The number of rotatable bonds is 7. The quantitative estimate of drug-likeness (QED) is 0.160. The van der Waals surface area contributed by atoms with Gasteiger partial charge in [-0.15, -0.1) is 11.3 Å². The van der Waals surface area contributed by atoms with Crippen molar-refractivity contribution in [3.05, 3.63) is 212 Å². The summed E-state index contributed by atoms with van der Waals surface area (Å²) >= 11 is 1.86. The third-order valence-electron chi connectivity index (χ3n) is 10.5. The van der Waals surface area contributed by atoms with E-state index in [1.807, 2.05) is 11.3 Å². The maximum atomic E-state index is 2.44. The van der Waals surface area contributed by atoms with E-state index in [1.165, 1.54) is 75.5 Å². The van der Waals surface area contributed by atoms with Crippen LogP contribution in [0.3, 0.4) is 0 Å². The minimum absolute atomic E-state index is 1.10. The van der Waals surface area contributed by atoms with Crippen molar-refractivity contribution in [2.24, 2.45) is 0 Å². The van der Waals surface area contributed by atoms with Gasteiger partial charge in [-0.1, -0.05) is 164 Å². The third kappa shape index (κ3) is 5.84. The van der Waals surface area contributed by atoms with Crippen molar-refractivity contribution in [3.63, 3.8) is 0 Å². The molecule has 0 saturated carbocycles. The molecule has 0 aliphatic heterocycles. The molecule has 0 saturated heterocycles. The van der Waals surface area contributed by atoms with Gasteiger partial charge in [0.2, 0.25) is 0 Å². The van der Waals surface area contributed by atoms with Crippen molar-refractivity contribution in [2.75, 3.05) is 4.90 Å². The Balaban J connectivity index is 1.17. The van der Waals surface area contributed by atoms with Crippen LogP contribution in [0.1, 0.15) is 0 Å². The maximum absolute atomic E-state index is 2.44. The molecule has 0 spiro atoms. The molecule has 54 heavy (non-hydrogen) atoms. The monoisotopic (exact) mass is 705 g/mol. The topological polar surface area (TPSA) is 3.24 Å². The van der Waals surface area contributed by atoms with Gasteiger partial charge < -0.3 is 4.90 Å². The molecule has 10 aromatic rings. The van der Waals surface area contributed by atoms with Gasteiger partial charge in [-0.25, -0.2) is 0 Å². The largest absolute Gasteiger partial charge is 0.310 e. The molecule has 0 amide bonds. The highest BCUT2D eigenvalue weighted by Crippen LogP contribution is 2.49. The van der Waals surface area contributed by atoms with E-state index in [0.29, 0.717) is 0 Å². The summed E-state index contributed by atoms with van der Waals surface area (Å²) in [4.78, 5) is 2.44. The standard InChI is InChI=1S/C52H35NS/c1-3-11-36(12-4-1)39-19-22-42(23-20-39)51-48(33-34-50-52(51)47-17-9-10-18-49(47)54-50)53(45-29-25-40(26-30-45)37-13-5-2-6-14-37)46-31-27-41(28-32-46)44-24-21-38-15-7-8-16-43(38)35-44/h1-35H. The van der Waals surface area contributed by atoms with E-state index in [0.717, 1.165) is 17.1 Å². The van der Waals surface area contributed by atoms with Gasteiger partial charge in [0, 0.05) is 37.1 Å². The molecule has 0 aliphatic carbocycles. The van der Waals surface area contributed by atoms with E-state index in [1.54, 1.807) is 0 Å². The number of thiophene rings is 1. The molecule has 10 rings (SSSR count). The Kier molecular flexibility index (Phi) is 8.09. The summed E-state index contributed by atoms with van der Waals surface area (Å²) in [7, 11) is 0. The Labute approximate surface area is 319 Å². The first-order chi connectivity index (χ1) is 26.8.